The number of ether oxygens (including phenoxy) is 1. The Hall–Kier alpha value is -1.63. The summed E-state index contributed by atoms with van der Waals surface area (Å²) in [5.74, 6) is 0.170. The zero-order valence-corrected chi connectivity index (χ0v) is 15.2. The van der Waals surface area contributed by atoms with E-state index in [1.165, 1.54) is 0 Å². The van der Waals surface area contributed by atoms with E-state index < -0.39 is 0 Å². The number of benzene rings is 1. The first-order chi connectivity index (χ1) is 11.6. The predicted molar refractivity (Wildman–Crippen MR) is 99.2 cm³/mol. The van der Waals surface area contributed by atoms with Gasteiger partial charge in [0.05, 0.1) is 0 Å². The fraction of sp³-hybridized carbons (Fsp3) is 0.556. The molecule has 0 aliphatic carbocycles. The molecule has 3 atom stereocenters. The summed E-state index contributed by atoms with van der Waals surface area (Å²) >= 11 is 0. The lowest BCUT2D eigenvalue weighted by molar-refractivity contribution is -0.124. The molecule has 138 valence electrons. The highest BCUT2D eigenvalue weighted by atomic mass is 35.5. The number of hydrogen-bond acceptors (Lipinski definition) is 4. The van der Waals surface area contributed by atoms with Crippen molar-refractivity contribution in [2.75, 3.05) is 25.0 Å². The summed E-state index contributed by atoms with van der Waals surface area (Å²) in [6.45, 7) is 4.61. The summed E-state index contributed by atoms with van der Waals surface area (Å²) < 4.78 is 5.38. The Morgan fingerprint density at radius 1 is 1.28 bits per heavy atom. The van der Waals surface area contributed by atoms with Crippen LogP contribution in [0.1, 0.15) is 36.5 Å². The molecule has 2 saturated heterocycles. The van der Waals surface area contributed by atoms with Crippen LogP contribution in [0.3, 0.4) is 0 Å². The van der Waals surface area contributed by atoms with Gasteiger partial charge < -0.3 is 20.7 Å². The molecule has 0 radical (unpaired) electrons. The monoisotopic (exact) mass is 367 g/mol. The van der Waals surface area contributed by atoms with Crippen molar-refractivity contribution < 1.29 is 14.3 Å². The Morgan fingerprint density at radius 2 is 2.12 bits per heavy atom. The molecule has 0 bridgehead atoms. The van der Waals surface area contributed by atoms with Crippen LogP contribution in [0.15, 0.2) is 24.3 Å². The number of hydrogen-bond donors (Lipinski definition) is 3. The molecule has 7 heteroatoms. The quantitative estimate of drug-likeness (QED) is 0.760. The lowest BCUT2D eigenvalue weighted by Crippen LogP contribution is -2.48. The van der Waals surface area contributed by atoms with E-state index in [9.17, 15) is 9.59 Å². The first kappa shape index (κ1) is 19.7. The van der Waals surface area contributed by atoms with Crippen molar-refractivity contribution in [3.05, 3.63) is 29.8 Å². The Kier molecular flexibility index (Phi) is 7.23. The van der Waals surface area contributed by atoms with E-state index in [1.54, 1.807) is 24.3 Å². The van der Waals surface area contributed by atoms with Gasteiger partial charge in [0.25, 0.3) is 11.8 Å². The smallest absolute Gasteiger partial charge is 0.253 e. The highest BCUT2D eigenvalue weighted by Gasteiger charge is 2.25. The Balaban J connectivity index is 0.00000225. The van der Waals surface area contributed by atoms with Crippen LogP contribution in [0.2, 0.25) is 0 Å². The van der Waals surface area contributed by atoms with E-state index in [0.717, 1.165) is 32.4 Å². The second-order valence-corrected chi connectivity index (χ2v) is 6.62. The van der Waals surface area contributed by atoms with Crippen LogP contribution in [0.5, 0.6) is 0 Å². The molecular formula is C18H26ClN3O3. The van der Waals surface area contributed by atoms with Gasteiger partial charge in [-0.3, -0.25) is 9.59 Å². The van der Waals surface area contributed by atoms with Crippen LogP contribution in [0.25, 0.3) is 0 Å². The summed E-state index contributed by atoms with van der Waals surface area (Å²) in [7, 11) is 0. The number of rotatable bonds is 4. The molecule has 0 spiro atoms. The average molecular weight is 368 g/mol. The number of carbonyl (C=O) groups is 2. The zero-order chi connectivity index (χ0) is 16.9. The molecule has 3 rings (SSSR count). The summed E-state index contributed by atoms with van der Waals surface area (Å²) in [4.78, 5) is 24.6. The lowest BCUT2D eigenvalue weighted by Gasteiger charge is -2.30. The Morgan fingerprint density at radius 3 is 2.84 bits per heavy atom. The van der Waals surface area contributed by atoms with Crippen molar-refractivity contribution in [1.29, 1.82) is 0 Å². The van der Waals surface area contributed by atoms with Gasteiger partial charge in [-0.25, -0.2) is 0 Å². The van der Waals surface area contributed by atoms with Crippen molar-refractivity contribution in [3.63, 3.8) is 0 Å². The molecule has 0 aromatic heterocycles. The molecule has 1 aromatic carbocycles. The minimum Gasteiger partial charge on any atom is -0.368 e. The minimum absolute atomic E-state index is 0. The number of anilines is 1. The van der Waals surface area contributed by atoms with Gasteiger partial charge in [-0.05, 0) is 56.5 Å². The molecule has 3 unspecified atom stereocenters. The van der Waals surface area contributed by atoms with Gasteiger partial charge in [-0.1, -0.05) is 13.0 Å². The molecule has 3 N–H and O–H groups in total. The topological polar surface area (TPSA) is 79.5 Å². The van der Waals surface area contributed by atoms with Gasteiger partial charge in [-0.15, -0.1) is 12.4 Å². The second-order valence-electron chi connectivity index (χ2n) is 6.62. The first-order valence-electron chi connectivity index (χ1n) is 8.67. The predicted octanol–water partition coefficient (Wildman–Crippen LogP) is 1.95. The zero-order valence-electron chi connectivity index (χ0n) is 14.4. The lowest BCUT2D eigenvalue weighted by atomic mass is 9.95. The van der Waals surface area contributed by atoms with Crippen LogP contribution in [-0.4, -0.2) is 43.7 Å². The highest BCUT2D eigenvalue weighted by molar-refractivity contribution is 5.98. The Bertz CT molecular complexity index is 605. The van der Waals surface area contributed by atoms with E-state index in [0.29, 0.717) is 23.8 Å². The summed E-state index contributed by atoms with van der Waals surface area (Å²) in [6, 6.07) is 7.24. The number of nitrogens with one attached hydrogen (secondary N) is 3. The van der Waals surface area contributed by atoms with Gasteiger partial charge in [0, 0.05) is 23.9 Å². The summed E-state index contributed by atoms with van der Waals surface area (Å²) in [6.07, 6.45) is 2.22. The van der Waals surface area contributed by atoms with Gasteiger partial charge >= 0.3 is 0 Å². The molecule has 2 fully saturated rings. The van der Waals surface area contributed by atoms with Crippen molar-refractivity contribution in [2.24, 2.45) is 5.92 Å². The fourth-order valence-corrected chi connectivity index (χ4v) is 3.23. The molecule has 6 nitrogen and oxygen atoms in total. The van der Waals surface area contributed by atoms with E-state index in [2.05, 4.69) is 22.9 Å². The van der Waals surface area contributed by atoms with Gasteiger partial charge in [0.2, 0.25) is 0 Å². The van der Waals surface area contributed by atoms with E-state index >= 15 is 0 Å². The number of carbonyl (C=O) groups excluding carboxylic acids is 2. The van der Waals surface area contributed by atoms with Crippen molar-refractivity contribution in [2.45, 2.75) is 38.3 Å². The summed E-state index contributed by atoms with van der Waals surface area (Å²) in [5.41, 5.74) is 1.19. The number of piperidine rings is 1. The van der Waals surface area contributed by atoms with Crippen LogP contribution in [0, 0.1) is 5.92 Å². The summed E-state index contributed by atoms with van der Waals surface area (Å²) in [5, 5.41) is 9.27. The van der Waals surface area contributed by atoms with Gasteiger partial charge in [-0.2, -0.15) is 0 Å². The normalized spacial score (nSPS) is 25.7. The van der Waals surface area contributed by atoms with Crippen LogP contribution in [-0.2, 0) is 9.53 Å². The van der Waals surface area contributed by atoms with Crippen molar-refractivity contribution >= 4 is 29.9 Å². The first-order valence-corrected chi connectivity index (χ1v) is 8.67. The molecule has 1 aromatic rings. The number of halogens is 1. The maximum Gasteiger partial charge on any atom is 0.253 e. The SMILES string of the molecule is CC1CNCCC1NC(=O)c1cccc(NC(=O)C2CCCO2)c1.Cl. The second kappa shape index (κ2) is 9.17. The van der Waals surface area contributed by atoms with Crippen LogP contribution < -0.4 is 16.0 Å². The average Bonchev–Trinajstić information content (AvgIpc) is 3.12. The van der Waals surface area contributed by atoms with Gasteiger partial charge in [0.1, 0.15) is 6.10 Å². The third-order valence-corrected chi connectivity index (χ3v) is 4.72. The standard InChI is InChI=1S/C18H25N3O3.ClH/c1-12-11-19-8-7-15(12)21-17(22)13-4-2-5-14(10-13)20-18(23)16-6-3-9-24-16;/h2,4-5,10,12,15-16,19H,3,6-9,11H2,1H3,(H,20,23)(H,21,22);1H. The van der Waals surface area contributed by atoms with E-state index in [-0.39, 0.29) is 36.4 Å². The largest absolute Gasteiger partial charge is 0.368 e. The van der Waals surface area contributed by atoms with E-state index in [4.69, 9.17) is 4.74 Å². The highest BCUT2D eigenvalue weighted by Crippen LogP contribution is 2.17. The third kappa shape index (κ3) is 5.17. The third-order valence-electron chi connectivity index (χ3n) is 4.72. The van der Waals surface area contributed by atoms with Crippen LogP contribution >= 0.6 is 12.4 Å². The molecule has 25 heavy (non-hydrogen) atoms. The minimum atomic E-state index is -0.377. The number of amides is 2. The maximum absolute atomic E-state index is 12.5. The molecule has 2 heterocycles. The van der Waals surface area contributed by atoms with E-state index in [1.807, 2.05) is 0 Å². The van der Waals surface area contributed by atoms with Gasteiger partial charge in [0.15, 0.2) is 0 Å². The van der Waals surface area contributed by atoms with Crippen molar-refractivity contribution in [3.8, 4) is 0 Å². The molecular weight excluding hydrogens is 342 g/mol. The van der Waals surface area contributed by atoms with Crippen molar-refractivity contribution in [1.82, 2.24) is 10.6 Å². The van der Waals surface area contributed by atoms with Crippen LogP contribution in [0.4, 0.5) is 5.69 Å². The maximum atomic E-state index is 12.5. The Labute approximate surface area is 154 Å². The molecule has 2 aliphatic rings. The molecule has 2 aliphatic heterocycles. The molecule has 0 saturated carbocycles. The molecule has 2 amide bonds. The fourth-order valence-electron chi connectivity index (χ4n) is 3.23.